The highest BCUT2D eigenvalue weighted by Gasteiger charge is 2.26. The first-order valence-electron chi connectivity index (χ1n) is 7.18. The number of piperidine rings is 1. The fourth-order valence-electron chi connectivity index (χ4n) is 2.88. The zero-order chi connectivity index (χ0) is 14.7. The second-order valence-corrected chi connectivity index (χ2v) is 6.13. The van der Waals surface area contributed by atoms with Crippen LogP contribution in [0.3, 0.4) is 0 Å². The Morgan fingerprint density at radius 2 is 1.95 bits per heavy atom. The summed E-state index contributed by atoms with van der Waals surface area (Å²) in [4.78, 5) is 11.0. The van der Waals surface area contributed by atoms with Crippen LogP contribution in [0.1, 0.15) is 36.6 Å². The van der Waals surface area contributed by atoms with Crippen LogP contribution >= 0.6 is 23.2 Å². The third-order valence-corrected chi connectivity index (χ3v) is 4.61. The highest BCUT2D eigenvalue weighted by Crippen LogP contribution is 2.33. The van der Waals surface area contributed by atoms with Crippen molar-refractivity contribution in [1.29, 1.82) is 0 Å². The van der Waals surface area contributed by atoms with E-state index in [9.17, 15) is 0 Å². The molecule has 0 amide bonds. The van der Waals surface area contributed by atoms with Crippen molar-refractivity contribution < 1.29 is 0 Å². The molecule has 0 aliphatic carbocycles. The van der Waals surface area contributed by atoms with Gasteiger partial charge in [0, 0.05) is 30.7 Å². The molecule has 5 heteroatoms. The maximum absolute atomic E-state index is 6.25. The van der Waals surface area contributed by atoms with Gasteiger partial charge in [0.05, 0.1) is 21.8 Å². The number of aromatic nitrogens is 2. The normalized spacial score (nSPS) is 19.6. The molecule has 1 saturated heterocycles. The minimum Gasteiger partial charge on any atom is -0.290 e. The fraction of sp³-hybridized carbons (Fsp3) is 0.375. The molecule has 0 unspecified atom stereocenters. The number of rotatable bonds is 3. The van der Waals surface area contributed by atoms with Gasteiger partial charge in [0.2, 0.25) is 0 Å². The topological polar surface area (TPSA) is 29.0 Å². The highest BCUT2D eigenvalue weighted by molar-refractivity contribution is 6.35. The number of hydrogen-bond acceptors (Lipinski definition) is 3. The SMILES string of the molecule is Clc1cncc(Cl)c1CN1CCCC[C@@H]1c1ccccn1. The predicted octanol–water partition coefficient (Wildman–Crippen LogP) is 4.51. The minimum atomic E-state index is 0.334. The van der Waals surface area contributed by atoms with E-state index in [1.807, 2.05) is 18.3 Å². The molecule has 0 aromatic carbocycles. The van der Waals surface area contributed by atoms with Crippen LogP contribution < -0.4 is 0 Å². The Labute approximate surface area is 134 Å². The number of hydrogen-bond donors (Lipinski definition) is 0. The molecule has 2 aromatic heterocycles. The number of nitrogens with zero attached hydrogens (tertiary/aromatic N) is 3. The second-order valence-electron chi connectivity index (χ2n) is 5.32. The van der Waals surface area contributed by atoms with Crippen molar-refractivity contribution in [2.75, 3.05) is 6.54 Å². The third kappa shape index (κ3) is 3.37. The average molecular weight is 322 g/mol. The molecule has 0 spiro atoms. The molecular formula is C16H17Cl2N3. The van der Waals surface area contributed by atoms with E-state index >= 15 is 0 Å². The lowest BCUT2D eigenvalue weighted by Gasteiger charge is -2.35. The van der Waals surface area contributed by atoms with E-state index in [1.54, 1.807) is 12.4 Å². The number of likely N-dealkylation sites (tertiary alicyclic amines) is 1. The van der Waals surface area contributed by atoms with Gasteiger partial charge in [-0.3, -0.25) is 14.9 Å². The first-order chi connectivity index (χ1) is 10.3. The summed E-state index contributed by atoms with van der Waals surface area (Å²) in [5.41, 5.74) is 2.08. The van der Waals surface area contributed by atoms with Crippen LogP contribution in [0.25, 0.3) is 0 Å². The Morgan fingerprint density at radius 1 is 1.14 bits per heavy atom. The van der Waals surface area contributed by atoms with Gasteiger partial charge < -0.3 is 0 Å². The lowest BCUT2D eigenvalue weighted by Crippen LogP contribution is -2.33. The molecule has 0 radical (unpaired) electrons. The van der Waals surface area contributed by atoms with Gasteiger partial charge >= 0.3 is 0 Å². The zero-order valence-corrected chi connectivity index (χ0v) is 13.2. The lowest BCUT2D eigenvalue weighted by atomic mass is 9.98. The molecule has 1 aliphatic heterocycles. The van der Waals surface area contributed by atoms with Crippen LogP contribution in [-0.4, -0.2) is 21.4 Å². The molecule has 1 atom stereocenters. The van der Waals surface area contributed by atoms with Gasteiger partial charge in [-0.15, -0.1) is 0 Å². The molecule has 3 heterocycles. The molecule has 3 nitrogen and oxygen atoms in total. The Bertz CT molecular complexity index is 583. The first-order valence-corrected chi connectivity index (χ1v) is 7.94. The smallest absolute Gasteiger partial charge is 0.0649 e. The molecule has 0 N–H and O–H groups in total. The standard InChI is InChI=1S/C16H17Cl2N3/c17-13-9-19-10-14(18)12(13)11-21-8-4-2-6-16(21)15-5-1-3-7-20-15/h1,3,5,7,9-10,16H,2,4,6,8,11H2/t16-/m1/s1. The number of halogens is 2. The lowest BCUT2D eigenvalue weighted by molar-refractivity contribution is 0.137. The molecule has 110 valence electrons. The van der Waals surface area contributed by atoms with Crippen LogP contribution in [0.5, 0.6) is 0 Å². The summed E-state index contributed by atoms with van der Waals surface area (Å²) < 4.78 is 0. The zero-order valence-electron chi connectivity index (χ0n) is 11.7. The molecular weight excluding hydrogens is 305 g/mol. The summed E-state index contributed by atoms with van der Waals surface area (Å²) in [6.07, 6.45) is 8.72. The molecule has 21 heavy (non-hydrogen) atoms. The van der Waals surface area contributed by atoms with Gasteiger partial charge in [0.15, 0.2) is 0 Å². The maximum Gasteiger partial charge on any atom is 0.0649 e. The van der Waals surface area contributed by atoms with Crippen LogP contribution in [0, 0.1) is 0 Å². The van der Waals surface area contributed by atoms with Crippen molar-refractivity contribution in [2.24, 2.45) is 0 Å². The first kappa shape index (κ1) is 14.8. The van der Waals surface area contributed by atoms with E-state index in [2.05, 4.69) is 20.9 Å². The quantitative estimate of drug-likeness (QED) is 0.832. The van der Waals surface area contributed by atoms with Gasteiger partial charge in [-0.1, -0.05) is 35.7 Å². The van der Waals surface area contributed by atoms with Crippen molar-refractivity contribution in [3.05, 3.63) is 58.1 Å². The van der Waals surface area contributed by atoms with Gasteiger partial charge in [-0.25, -0.2) is 0 Å². The van der Waals surface area contributed by atoms with Crippen LogP contribution in [0.2, 0.25) is 10.0 Å². The minimum absolute atomic E-state index is 0.334. The van der Waals surface area contributed by atoms with E-state index in [-0.39, 0.29) is 0 Å². The molecule has 2 aromatic rings. The van der Waals surface area contributed by atoms with Gasteiger partial charge in [0.1, 0.15) is 0 Å². The van der Waals surface area contributed by atoms with Crippen molar-refractivity contribution in [3.8, 4) is 0 Å². The summed E-state index contributed by atoms with van der Waals surface area (Å²) in [5.74, 6) is 0. The molecule has 0 bridgehead atoms. The van der Waals surface area contributed by atoms with E-state index in [0.29, 0.717) is 16.1 Å². The van der Waals surface area contributed by atoms with E-state index in [0.717, 1.165) is 30.8 Å². The largest absolute Gasteiger partial charge is 0.290 e. The van der Waals surface area contributed by atoms with Crippen LogP contribution in [0.4, 0.5) is 0 Å². The summed E-state index contributed by atoms with van der Waals surface area (Å²) in [6.45, 7) is 1.78. The van der Waals surface area contributed by atoms with E-state index < -0.39 is 0 Å². The maximum atomic E-state index is 6.25. The Morgan fingerprint density at radius 3 is 2.67 bits per heavy atom. The summed E-state index contributed by atoms with van der Waals surface area (Å²) in [6, 6.07) is 6.42. The van der Waals surface area contributed by atoms with Gasteiger partial charge in [0.25, 0.3) is 0 Å². The van der Waals surface area contributed by atoms with Crippen molar-refractivity contribution in [3.63, 3.8) is 0 Å². The predicted molar refractivity (Wildman–Crippen MR) is 85.5 cm³/mol. The monoisotopic (exact) mass is 321 g/mol. The van der Waals surface area contributed by atoms with Crippen molar-refractivity contribution >= 4 is 23.2 Å². The average Bonchev–Trinajstić information content (AvgIpc) is 2.52. The fourth-order valence-corrected chi connectivity index (χ4v) is 3.36. The van der Waals surface area contributed by atoms with E-state index in [1.165, 1.54) is 12.8 Å². The van der Waals surface area contributed by atoms with Gasteiger partial charge in [-0.2, -0.15) is 0 Å². The number of pyridine rings is 2. The van der Waals surface area contributed by atoms with E-state index in [4.69, 9.17) is 23.2 Å². The molecule has 3 rings (SSSR count). The Balaban J connectivity index is 1.85. The summed E-state index contributed by atoms with van der Waals surface area (Å²) in [7, 11) is 0. The van der Waals surface area contributed by atoms with Crippen molar-refractivity contribution in [2.45, 2.75) is 31.8 Å². The molecule has 1 fully saturated rings. The van der Waals surface area contributed by atoms with Gasteiger partial charge in [-0.05, 0) is 31.5 Å². The van der Waals surface area contributed by atoms with Crippen LogP contribution in [-0.2, 0) is 6.54 Å². The highest BCUT2D eigenvalue weighted by atomic mass is 35.5. The second kappa shape index (κ2) is 6.73. The Hall–Kier alpha value is -1.16. The Kier molecular flexibility index (Phi) is 4.73. The van der Waals surface area contributed by atoms with Crippen molar-refractivity contribution in [1.82, 2.24) is 14.9 Å². The summed E-state index contributed by atoms with van der Waals surface area (Å²) in [5, 5.41) is 1.26. The molecule has 0 saturated carbocycles. The molecule has 1 aliphatic rings. The third-order valence-electron chi connectivity index (χ3n) is 3.96. The summed E-state index contributed by atoms with van der Waals surface area (Å²) >= 11 is 12.5. The van der Waals surface area contributed by atoms with Crippen LogP contribution in [0.15, 0.2) is 36.8 Å².